The molecule has 2 rings (SSSR count). The molecule has 0 saturated heterocycles. The number of hydrogen-bond donors (Lipinski definition) is 0. The van der Waals surface area contributed by atoms with Gasteiger partial charge in [-0.25, -0.2) is 0 Å². The van der Waals surface area contributed by atoms with Gasteiger partial charge < -0.3 is 4.74 Å². The lowest BCUT2D eigenvalue weighted by Gasteiger charge is -2.13. The molecule has 2 aromatic rings. The Hall–Kier alpha value is -2.50. The van der Waals surface area contributed by atoms with Gasteiger partial charge in [0.1, 0.15) is 11.3 Å². The van der Waals surface area contributed by atoms with E-state index in [1.165, 1.54) is 25.3 Å². The molecule has 1 aromatic heterocycles. The molecular formula is C13H12N2O4. The number of pyridine rings is 1. The largest absolute Gasteiger partial charge is 0.481 e. The number of ether oxygens (including phenoxy) is 1. The summed E-state index contributed by atoms with van der Waals surface area (Å²) in [4.78, 5) is 25.8. The number of ketones is 1. The molecule has 1 atom stereocenters. The minimum absolute atomic E-state index is 0.0362. The van der Waals surface area contributed by atoms with Crippen LogP contribution in [0, 0.1) is 10.1 Å². The van der Waals surface area contributed by atoms with Crippen molar-refractivity contribution in [2.75, 3.05) is 0 Å². The van der Waals surface area contributed by atoms with Crippen molar-refractivity contribution in [3.63, 3.8) is 0 Å². The average Bonchev–Trinajstić information content (AvgIpc) is 2.38. The number of nitro benzene ring substituents is 1. The third kappa shape index (κ3) is 2.52. The second-order valence-electron chi connectivity index (χ2n) is 4.11. The zero-order valence-corrected chi connectivity index (χ0v) is 10.5. The van der Waals surface area contributed by atoms with Crippen molar-refractivity contribution in [3.05, 3.63) is 40.6 Å². The fourth-order valence-electron chi connectivity index (χ4n) is 1.66. The highest BCUT2D eigenvalue weighted by atomic mass is 16.6. The van der Waals surface area contributed by atoms with E-state index in [2.05, 4.69) is 4.98 Å². The molecule has 6 nitrogen and oxygen atoms in total. The molecular weight excluding hydrogens is 248 g/mol. The van der Waals surface area contributed by atoms with Gasteiger partial charge in [-0.2, -0.15) is 0 Å². The van der Waals surface area contributed by atoms with Crippen molar-refractivity contribution in [3.8, 4) is 5.75 Å². The van der Waals surface area contributed by atoms with E-state index in [-0.39, 0.29) is 11.5 Å². The van der Waals surface area contributed by atoms with Gasteiger partial charge in [0.25, 0.3) is 5.69 Å². The van der Waals surface area contributed by atoms with Crippen molar-refractivity contribution >= 4 is 22.4 Å². The smallest absolute Gasteiger partial charge is 0.279 e. The number of Topliss-reactive ketones (excluding diaryl/α,β-unsaturated/α-hetero) is 1. The second-order valence-corrected chi connectivity index (χ2v) is 4.11. The first-order valence-corrected chi connectivity index (χ1v) is 5.70. The molecule has 0 bridgehead atoms. The van der Waals surface area contributed by atoms with Crippen molar-refractivity contribution in [1.82, 2.24) is 4.98 Å². The maximum Gasteiger partial charge on any atom is 0.279 e. The lowest BCUT2D eigenvalue weighted by atomic mass is 10.1. The average molecular weight is 260 g/mol. The van der Waals surface area contributed by atoms with Gasteiger partial charge in [0.15, 0.2) is 11.9 Å². The molecule has 1 unspecified atom stereocenters. The van der Waals surface area contributed by atoms with Gasteiger partial charge in [0, 0.05) is 12.3 Å². The van der Waals surface area contributed by atoms with Crippen molar-refractivity contribution < 1.29 is 14.5 Å². The predicted octanol–water partition coefficient (Wildman–Crippen LogP) is 2.50. The summed E-state index contributed by atoms with van der Waals surface area (Å²) < 4.78 is 5.49. The number of non-ortho nitro benzene ring substituents is 1. The quantitative estimate of drug-likeness (QED) is 0.623. The summed E-state index contributed by atoms with van der Waals surface area (Å²) in [6.07, 6.45) is 0.906. The van der Waals surface area contributed by atoms with Crippen molar-refractivity contribution in [2.24, 2.45) is 0 Å². The zero-order valence-electron chi connectivity index (χ0n) is 10.5. The number of aromatic nitrogens is 1. The van der Waals surface area contributed by atoms with E-state index in [9.17, 15) is 14.9 Å². The third-order valence-corrected chi connectivity index (χ3v) is 2.78. The van der Waals surface area contributed by atoms with Gasteiger partial charge in [-0.3, -0.25) is 19.9 Å². The number of carbonyl (C=O) groups excluding carboxylic acids is 1. The van der Waals surface area contributed by atoms with Gasteiger partial charge in [-0.1, -0.05) is 0 Å². The van der Waals surface area contributed by atoms with E-state index in [4.69, 9.17) is 4.74 Å². The maximum absolute atomic E-state index is 11.2. The Kier molecular flexibility index (Phi) is 3.41. The summed E-state index contributed by atoms with van der Waals surface area (Å²) in [6, 6.07) is 6.04. The topological polar surface area (TPSA) is 82.3 Å². The minimum atomic E-state index is -0.619. The van der Waals surface area contributed by atoms with Crippen LogP contribution in [-0.4, -0.2) is 21.8 Å². The molecule has 19 heavy (non-hydrogen) atoms. The molecule has 0 aliphatic heterocycles. The van der Waals surface area contributed by atoms with Crippen LogP contribution in [0.3, 0.4) is 0 Å². The van der Waals surface area contributed by atoms with E-state index in [0.717, 1.165) is 0 Å². The molecule has 6 heteroatoms. The number of fused-ring (bicyclic) bond motifs is 1. The number of rotatable bonds is 4. The maximum atomic E-state index is 11.2. The summed E-state index contributed by atoms with van der Waals surface area (Å²) in [6.45, 7) is 3.05. The lowest BCUT2D eigenvalue weighted by molar-refractivity contribution is -0.383. The van der Waals surface area contributed by atoms with Gasteiger partial charge in [-0.05, 0) is 32.0 Å². The Morgan fingerprint density at radius 1 is 1.42 bits per heavy atom. The van der Waals surface area contributed by atoms with Crippen LogP contribution in [-0.2, 0) is 4.79 Å². The minimum Gasteiger partial charge on any atom is -0.481 e. The predicted molar refractivity (Wildman–Crippen MR) is 69.2 cm³/mol. The molecule has 0 fully saturated rings. The van der Waals surface area contributed by atoms with Crippen LogP contribution in [0.25, 0.3) is 10.9 Å². The highest BCUT2D eigenvalue weighted by Gasteiger charge is 2.18. The van der Waals surface area contributed by atoms with Crippen LogP contribution in [0.1, 0.15) is 13.8 Å². The first kappa shape index (κ1) is 12.9. The molecule has 1 aromatic carbocycles. The normalized spacial score (nSPS) is 12.1. The fourth-order valence-corrected chi connectivity index (χ4v) is 1.66. The number of nitro groups is 1. The Balaban J connectivity index is 2.55. The van der Waals surface area contributed by atoms with E-state index in [1.54, 1.807) is 19.1 Å². The van der Waals surface area contributed by atoms with E-state index in [0.29, 0.717) is 16.7 Å². The van der Waals surface area contributed by atoms with E-state index >= 15 is 0 Å². The second kappa shape index (κ2) is 5.01. The summed E-state index contributed by atoms with van der Waals surface area (Å²) in [5.74, 6) is 0.242. The highest BCUT2D eigenvalue weighted by molar-refractivity contribution is 5.92. The van der Waals surface area contributed by atoms with Crippen LogP contribution >= 0.6 is 0 Å². The van der Waals surface area contributed by atoms with Gasteiger partial charge >= 0.3 is 0 Å². The lowest BCUT2D eigenvalue weighted by Crippen LogP contribution is -2.20. The Morgan fingerprint density at radius 2 is 2.16 bits per heavy atom. The molecule has 0 aliphatic carbocycles. The molecule has 0 aliphatic rings. The Morgan fingerprint density at radius 3 is 2.79 bits per heavy atom. The highest BCUT2D eigenvalue weighted by Crippen LogP contribution is 2.31. The van der Waals surface area contributed by atoms with E-state index < -0.39 is 11.0 Å². The Bertz CT molecular complexity index is 654. The van der Waals surface area contributed by atoms with Crippen molar-refractivity contribution in [1.29, 1.82) is 0 Å². The standard InChI is InChI=1S/C13H12N2O4/c1-8(16)9(2)19-12-6-5-11(15(17)18)10-4-3-7-14-13(10)12/h3-7,9H,1-2H3. The molecule has 0 radical (unpaired) electrons. The fraction of sp³-hybridized carbons (Fsp3) is 0.231. The number of nitrogens with zero attached hydrogens (tertiary/aromatic N) is 2. The molecule has 98 valence electrons. The summed E-state index contributed by atoms with van der Waals surface area (Å²) in [7, 11) is 0. The van der Waals surface area contributed by atoms with Gasteiger partial charge in [0.2, 0.25) is 0 Å². The molecule has 0 spiro atoms. The van der Waals surface area contributed by atoms with Crippen LogP contribution in [0.4, 0.5) is 5.69 Å². The SMILES string of the molecule is CC(=O)C(C)Oc1ccc([N+](=O)[O-])c2cccnc12. The zero-order chi connectivity index (χ0) is 14.0. The molecule has 1 heterocycles. The van der Waals surface area contributed by atoms with Crippen molar-refractivity contribution in [2.45, 2.75) is 20.0 Å². The summed E-state index contributed by atoms with van der Waals surface area (Å²) in [5.41, 5.74) is 0.343. The first-order chi connectivity index (χ1) is 9.00. The van der Waals surface area contributed by atoms with E-state index in [1.807, 2.05) is 0 Å². The number of benzene rings is 1. The summed E-state index contributed by atoms with van der Waals surface area (Å²) >= 11 is 0. The molecule has 0 N–H and O–H groups in total. The van der Waals surface area contributed by atoms with Crippen LogP contribution in [0.5, 0.6) is 5.75 Å². The molecule has 0 amide bonds. The molecule has 0 saturated carbocycles. The first-order valence-electron chi connectivity index (χ1n) is 5.70. The van der Waals surface area contributed by atoms with Gasteiger partial charge in [0.05, 0.1) is 10.3 Å². The monoisotopic (exact) mass is 260 g/mol. The van der Waals surface area contributed by atoms with Crippen LogP contribution in [0.15, 0.2) is 30.5 Å². The third-order valence-electron chi connectivity index (χ3n) is 2.78. The Labute approximate surface area is 109 Å². The summed E-state index contributed by atoms with van der Waals surface area (Å²) in [5, 5.41) is 11.3. The van der Waals surface area contributed by atoms with Gasteiger partial charge in [-0.15, -0.1) is 0 Å². The van der Waals surface area contributed by atoms with Crippen LogP contribution in [0.2, 0.25) is 0 Å². The van der Waals surface area contributed by atoms with Crippen LogP contribution < -0.4 is 4.74 Å². The number of carbonyl (C=O) groups is 1. The number of hydrogen-bond acceptors (Lipinski definition) is 5.